The van der Waals surface area contributed by atoms with Gasteiger partial charge in [0, 0.05) is 51.6 Å². The Kier molecular flexibility index (Phi) is 9.75. The smallest absolute Gasteiger partial charge is 0.748 e. The Bertz CT molecular complexity index is 2670. The van der Waals surface area contributed by atoms with Crippen molar-refractivity contribution in [3.05, 3.63) is 87.7 Å². The summed E-state index contributed by atoms with van der Waals surface area (Å²) in [6, 6.07) is 18.4. The Morgan fingerprint density at radius 1 is 0.860 bits per heavy atom. The maximum Gasteiger partial charge on any atom is 1.00 e. The van der Waals surface area contributed by atoms with E-state index in [1.165, 1.54) is 0 Å². The minimum absolute atomic E-state index is 0. The molecule has 4 aromatic carbocycles. The fourth-order valence-corrected chi connectivity index (χ4v) is 7.54. The van der Waals surface area contributed by atoms with Gasteiger partial charge in [0.2, 0.25) is 0 Å². The Hall–Kier alpha value is -4.01. The number of ketones is 1. The Balaban J connectivity index is 0.00000216. The number of nitrogens with one attached hydrogen (secondary N) is 1. The minimum Gasteiger partial charge on any atom is -0.748 e. The van der Waals surface area contributed by atoms with Gasteiger partial charge in [-0.2, -0.15) is 0 Å². The summed E-state index contributed by atoms with van der Waals surface area (Å²) in [4.78, 5) is 49.7. The zero-order valence-electron chi connectivity index (χ0n) is 28.1. The molecule has 4 heterocycles. The van der Waals surface area contributed by atoms with Crippen LogP contribution in [0.5, 0.6) is 0 Å². The monoisotopic (exact) mass is 674 g/mol. The number of Topliss-reactive ketones (excluding diaryl/α,β-unsaturated/α-hetero) is 1. The van der Waals surface area contributed by atoms with E-state index in [2.05, 4.69) is 16.8 Å². The van der Waals surface area contributed by atoms with E-state index in [-0.39, 0.29) is 67.9 Å². The van der Waals surface area contributed by atoms with Gasteiger partial charge in [-0.15, -0.1) is 0 Å². The molecule has 0 saturated heterocycles. The maximum atomic E-state index is 14.2. The van der Waals surface area contributed by atoms with Gasteiger partial charge in [-0.3, -0.25) is 18.8 Å². The molecule has 0 fully saturated rings. The summed E-state index contributed by atoms with van der Waals surface area (Å²) < 4.78 is 36.3. The Morgan fingerprint density at radius 3 is 2.34 bits per heavy atom. The van der Waals surface area contributed by atoms with Gasteiger partial charge in [0.05, 0.1) is 38.7 Å². The first-order chi connectivity index (χ1) is 23.1. The standard InChI is InChI=1S/C36H31N5O6S.2Li/c1-2-3-4-6-30(42)20-8-13-27-29(17-20)41-34(39-27)24-10-7-22-19-40-28-18-21(35(43)37-15-5-16-48(45,46)47)9-14-26(28)38-33(40)23-11-12-25(36(41)44)32(24)31(22)23;;/h7-14,17-18H,2-6,15-16,19H2,1H3,(H,37,43)(H,45,46,47);;/q;2*+1/p-1. The minimum atomic E-state index is -4.34. The fourth-order valence-electron chi connectivity index (χ4n) is 7.04. The number of imidazole rings is 2. The van der Waals surface area contributed by atoms with Crippen LogP contribution in [0.3, 0.4) is 0 Å². The summed E-state index contributed by atoms with van der Waals surface area (Å²) in [5.74, 6) is -0.133. The summed E-state index contributed by atoms with van der Waals surface area (Å²) >= 11 is 0. The van der Waals surface area contributed by atoms with E-state index >= 15 is 0 Å². The first-order valence-electron chi connectivity index (χ1n) is 16.0. The van der Waals surface area contributed by atoms with Gasteiger partial charge in [0.1, 0.15) is 11.5 Å². The molecule has 0 atom stereocenters. The van der Waals surface area contributed by atoms with Crippen LogP contribution in [0.2, 0.25) is 0 Å². The van der Waals surface area contributed by atoms with Gasteiger partial charge in [-0.05, 0) is 72.3 Å². The average Bonchev–Trinajstić information content (AvgIpc) is 3.64. The van der Waals surface area contributed by atoms with E-state index in [1.807, 2.05) is 30.3 Å². The van der Waals surface area contributed by atoms with Crippen LogP contribution in [0.15, 0.2) is 65.5 Å². The third-order valence-corrected chi connectivity index (χ3v) is 10.1. The molecule has 0 radical (unpaired) electrons. The number of benzene rings is 4. The van der Waals surface area contributed by atoms with Gasteiger partial charge >= 0.3 is 37.7 Å². The first-order valence-corrected chi connectivity index (χ1v) is 17.6. The summed E-state index contributed by atoms with van der Waals surface area (Å²) in [6.45, 7) is 2.64. The maximum absolute atomic E-state index is 14.2. The zero-order valence-corrected chi connectivity index (χ0v) is 28.9. The van der Waals surface area contributed by atoms with Gasteiger partial charge in [0.15, 0.2) is 5.78 Å². The second kappa shape index (κ2) is 13.6. The molecule has 1 amide bonds. The van der Waals surface area contributed by atoms with Crippen molar-refractivity contribution in [2.24, 2.45) is 0 Å². The van der Waals surface area contributed by atoms with Crippen LogP contribution in [0, 0.1) is 0 Å². The molecule has 8 rings (SSSR count). The van der Waals surface area contributed by atoms with Crippen LogP contribution in [0.1, 0.15) is 65.3 Å². The number of rotatable bonds is 10. The number of carbonyl (C=O) groups is 2. The van der Waals surface area contributed by atoms with E-state index in [0.717, 1.165) is 57.9 Å². The molecule has 0 spiro atoms. The molecule has 1 aliphatic rings. The molecular weight excluding hydrogens is 644 g/mol. The first kappa shape index (κ1) is 35.8. The van der Waals surface area contributed by atoms with Crippen molar-refractivity contribution in [3.8, 4) is 11.4 Å². The molecule has 1 aliphatic heterocycles. The molecule has 11 nitrogen and oxygen atoms in total. The number of nitrogens with zero attached hydrogens (tertiary/aromatic N) is 4. The van der Waals surface area contributed by atoms with Crippen molar-refractivity contribution in [2.75, 3.05) is 12.3 Å². The largest absolute Gasteiger partial charge is 1.00 e. The molecular formula is C36H30Li2N5O6S+. The Labute approximate surface area is 310 Å². The predicted molar refractivity (Wildman–Crippen MR) is 183 cm³/mol. The normalized spacial score (nSPS) is 12.4. The van der Waals surface area contributed by atoms with Crippen molar-refractivity contribution < 1.29 is 60.3 Å². The van der Waals surface area contributed by atoms with Gasteiger partial charge in [-0.1, -0.05) is 31.9 Å². The molecule has 0 aliphatic carbocycles. The number of amides is 1. The average molecular weight is 675 g/mol. The molecule has 0 bridgehead atoms. The van der Waals surface area contributed by atoms with E-state index < -0.39 is 15.9 Å². The number of hydrogen-bond donors (Lipinski definition) is 1. The van der Waals surface area contributed by atoms with E-state index in [9.17, 15) is 27.4 Å². The predicted octanol–water partition coefficient (Wildman–Crippen LogP) is -0.594. The summed E-state index contributed by atoms with van der Waals surface area (Å²) in [5, 5.41) is 5.84. The Morgan fingerprint density at radius 2 is 1.58 bits per heavy atom. The van der Waals surface area contributed by atoms with Crippen molar-refractivity contribution in [3.63, 3.8) is 0 Å². The molecule has 0 unspecified atom stereocenters. The number of hydrogen-bond acceptors (Lipinski definition) is 8. The fraction of sp³-hybridized carbons (Fsp3) is 0.250. The van der Waals surface area contributed by atoms with E-state index in [1.54, 1.807) is 34.7 Å². The van der Waals surface area contributed by atoms with Gasteiger partial charge in [0.25, 0.3) is 11.5 Å². The number of carbonyl (C=O) groups excluding carboxylic acids is 2. The molecule has 3 aromatic heterocycles. The summed E-state index contributed by atoms with van der Waals surface area (Å²) in [5.41, 5.74) is 5.93. The van der Waals surface area contributed by atoms with E-state index in [4.69, 9.17) is 9.97 Å². The van der Waals surface area contributed by atoms with Crippen LogP contribution >= 0.6 is 0 Å². The van der Waals surface area contributed by atoms with Gasteiger partial charge in [-0.25, -0.2) is 18.4 Å². The topological polar surface area (TPSA) is 156 Å². The number of aromatic nitrogens is 4. The molecule has 242 valence electrons. The van der Waals surface area contributed by atoms with Crippen molar-refractivity contribution in [1.29, 1.82) is 0 Å². The second-order valence-electron chi connectivity index (χ2n) is 12.4. The SMILES string of the molecule is CCCCCC(=O)c1ccc2nc3c4ccc5c6c(ccc(c(=O)n3c2c1)c64)-c1nc2ccc(C(=O)NCCCS(=O)(=O)[O-])cc2n1C5.[Li+].[Li+]. The number of pyridine rings is 1. The van der Waals surface area contributed by atoms with Crippen molar-refractivity contribution >= 4 is 71.1 Å². The van der Waals surface area contributed by atoms with Crippen LogP contribution in [-0.4, -0.2) is 55.9 Å². The molecule has 1 N–H and O–H groups in total. The van der Waals surface area contributed by atoms with Crippen LogP contribution in [0.4, 0.5) is 0 Å². The summed E-state index contributed by atoms with van der Waals surface area (Å²) in [7, 11) is -4.34. The molecule has 7 aromatic rings. The van der Waals surface area contributed by atoms with Gasteiger partial charge < -0.3 is 14.4 Å². The molecule has 0 saturated carbocycles. The molecule has 14 heteroatoms. The van der Waals surface area contributed by atoms with Crippen LogP contribution < -0.4 is 48.6 Å². The quantitative estimate of drug-likeness (QED) is 0.0874. The number of fused-ring (bicyclic) bond motifs is 8. The van der Waals surface area contributed by atoms with Crippen molar-refractivity contribution in [1.82, 2.24) is 24.3 Å². The number of unbranched alkanes of at least 4 members (excludes halogenated alkanes) is 2. The third kappa shape index (κ3) is 5.94. The molecule has 50 heavy (non-hydrogen) atoms. The second-order valence-corrected chi connectivity index (χ2v) is 14.0. The third-order valence-electron chi connectivity index (χ3n) is 9.34. The van der Waals surface area contributed by atoms with Crippen LogP contribution in [0.25, 0.3) is 60.6 Å². The summed E-state index contributed by atoms with van der Waals surface area (Å²) in [6.07, 6.45) is 3.37. The van der Waals surface area contributed by atoms with Crippen molar-refractivity contribution in [2.45, 2.75) is 45.6 Å². The zero-order chi connectivity index (χ0) is 33.3. The van der Waals surface area contributed by atoms with Crippen LogP contribution in [-0.2, 0) is 16.7 Å². The van der Waals surface area contributed by atoms with E-state index in [0.29, 0.717) is 51.7 Å².